The molecule has 3 heterocycles. The number of aromatic nitrogens is 1. The van der Waals surface area contributed by atoms with E-state index in [1.54, 1.807) is 35.2 Å². The zero-order chi connectivity index (χ0) is 61.9. The van der Waals surface area contributed by atoms with Crippen LogP contribution < -0.4 is 31.2 Å². The summed E-state index contributed by atoms with van der Waals surface area (Å²) in [6.45, 7) is 17.5. The number of aliphatic carboxylic acids is 4. The standard InChI is InChI=1S/C57H80FN11O14Si/c1-56(2,3)84(58,57(4,5)6)40-14-11-38(12-15-40)52(78)62-33-44(54(80)61-20-9-31-83-39-13-16-43-42(32-39)41(19-21-60-43)53(79)63-34-48(71)69-22-8-10-46(69)59-7)64-47(70)18-17-45(55(81)82)68-29-27-66(36-50(74)75)25-23-65(35-49(72)73)24-26-67(28-30-68)37-51(76)77/h11-16,19,21,32,44-46H,8-10,17-18,20,22-31,33-37H2,1-6H3,(H,61,80)(H,62,78)(H,63,79)(H,64,70)(H,72,73)(H,74,75)(H,76,77)(H,81,82)/t44?,45?,46-/m0/s1/i58-1. The van der Waals surface area contributed by atoms with Gasteiger partial charge in [0.2, 0.25) is 17.7 Å². The first kappa shape index (κ1) is 67.2. The number of pyridine rings is 1. The Morgan fingerprint density at radius 3 is 1.86 bits per heavy atom. The number of amides is 5. The van der Waals surface area contributed by atoms with Crippen LogP contribution in [0.15, 0.2) is 54.7 Å². The van der Waals surface area contributed by atoms with Crippen molar-refractivity contribution in [2.45, 2.75) is 102 Å². The molecule has 2 unspecified atom stereocenters. The summed E-state index contributed by atoms with van der Waals surface area (Å²) >= 11 is 0. The summed E-state index contributed by atoms with van der Waals surface area (Å²) in [4.78, 5) is 131. The number of carboxylic acids is 4. The normalized spacial score (nSPS) is 17.1. The number of likely N-dealkylation sites (tertiary alicyclic amines) is 1. The third-order valence-electron chi connectivity index (χ3n) is 15.0. The fraction of sp³-hybridized carbons (Fsp3) is 0.561. The van der Waals surface area contributed by atoms with Gasteiger partial charge in [-0.05, 0) is 70.9 Å². The third-order valence-corrected chi connectivity index (χ3v) is 20.2. The average molecular weight is 1190 g/mol. The molecule has 0 radical (unpaired) electrons. The maximum absolute atomic E-state index is 17.1. The van der Waals surface area contributed by atoms with Crippen LogP contribution in [0.3, 0.4) is 0 Å². The smallest absolute Gasteiger partial charge is 0.320 e. The number of fused-ring (bicyclic) bond motifs is 1. The highest BCUT2D eigenvalue weighted by Crippen LogP contribution is 2.51. The zero-order valence-corrected chi connectivity index (χ0v) is 49.7. The molecule has 2 aliphatic rings. The lowest BCUT2D eigenvalue weighted by atomic mass is 10.1. The number of halogens is 1. The van der Waals surface area contributed by atoms with E-state index in [1.807, 2.05) is 41.5 Å². The SMILES string of the molecule is [C-]#[N+][C@@H]1CCCN1C(=O)CNC(=O)c1ccnc2ccc(OCCCNC(=O)C(CNC(=O)c3ccc([Si]([18F])(C(C)(C)C)C(C)(C)C)cc3)NC(=O)CCC(C(=O)O)N3CCN(CC(=O)O)CCN(CC(=O)O)CCN(CC(=O)O)CC3)cc12. The van der Waals surface area contributed by atoms with Gasteiger partial charge in [0, 0.05) is 102 Å². The fourth-order valence-electron chi connectivity index (χ4n) is 10.8. The number of hydrogen-bond acceptors (Lipinski definition) is 15. The lowest BCUT2D eigenvalue weighted by Gasteiger charge is -2.44. The molecule has 2 aliphatic heterocycles. The Labute approximate surface area is 489 Å². The van der Waals surface area contributed by atoms with Crippen LogP contribution in [-0.4, -0.2) is 235 Å². The summed E-state index contributed by atoms with van der Waals surface area (Å²) in [5.41, 5.74) is 0.890. The summed E-state index contributed by atoms with van der Waals surface area (Å²) in [5.74, 6) is -7.38. The number of hydrogen-bond donors (Lipinski definition) is 8. The molecule has 27 heteroatoms. The van der Waals surface area contributed by atoms with Crippen LogP contribution in [-0.2, 0) is 33.6 Å². The monoisotopic (exact) mass is 1190 g/mol. The lowest BCUT2D eigenvalue weighted by molar-refractivity contribution is -0.145. The van der Waals surface area contributed by atoms with E-state index in [2.05, 4.69) is 31.1 Å². The van der Waals surface area contributed by atoms with Gasteiger partial charge >= 0.3 is 30.0 Å². The van der Waals surface area contributed by atoms with Gasteiger partial charge in [0.25, 0.3) is 20.2 Å². The van der Waals surface area contributed by atoms with E-state index in [4.69, 9.17) is 11.3 Å². The highest BCUT2D eigenvalue weighted by molar-refractivity contribution is 6.90. The summed E-state index contributed by atoms with van der Waals surface area (Å²) in [6.07, 6.45) is 1.69. The van der Waals surface area contributed by atoms with Crippen molar-refractivity contribution in [1.29, 1.82) is 0 Å². The maximum Gasteiger partial charge on any atom is 0.320 e. The van der Waals surface area contributed by atoms with E-state index in [0.717, 1.165) is 0 Å². The maximum atomic E-state index is 17.1. The van der Waals surface area contributed by atoms with Crippen LogP contribution in [0.5, 0.6) is 5.75 Å². The van der Waals surface area contributed by atoms with Gasteiger partial charge in [0.1, 0.15) is 17.8 Å². The van der Waals surface area contributed by atoms with Gasteiger partial charge in [-0.25, -0.2) is 6.57 Å². The van der Waals surface area contributed by atoms with Gasteiger partial charge in [0.15, 0.2) is 0 Å². The number of nitrogens with one attached hydrogen (secondary N) is 4. The van der Waals surface area contributed by atoms with E-state index in [1.165, 1.54) is 44.0 Å². The Morgan fingerprint density at radius 1 is 0.750 bits per heavy atom. The molecule has 1 aromatic heterocycles. The first-order valence-corrected chi connectivity index (χ1v) is 29.9. The van der Waals surface area contributed by atoms with Crippen molar-refractivity contribution < 1.29 is 72.4 Å². The van der Waals surface area contributed by atoms with Crippen molar-refractivity contribution in [2.75, 3.05) is 105 Å². The molecule has 5 amide bonds. The predicted molar refractivity (Wildman–Crippen MR) is 310 cm³/mol. The number of carbonyl (C=O) groups excluding carboxylic acids is 5. The van der Waals surface area contributed by atoms with E-state index in [-0.39, 0.29) is 108 Å². The summed E-state index contributed by atoms with van der Waals surface area (Å²) in [6, 6.07) is 9.91. The minimum Gasteiger partial charge on any atom is -0.494 e. The topological polar surface area (TPSA) is 325 Å². The van der Waals surface area contributed by atoms with Crippen LogP contribution >= 0.6 is 0 Å². The van der Waals surface area contributed by atoms with Gasteiger partial charge in [-0.3, -0.25) is 77.5 Å². The van der Waals surface area contributed by atoms with Gasteiger partial charge in [-0.15, -0.1) is 0 Å². The quantitative estimate of drug-likeness (QED) is 0.0261. The first-order valence-electron chi connectivity index (χ1n) is 28.0. The molecule has 2 saturated heterocycles. The Kier molecular flexibility index (Phi) is 24.6. The highest BCUT2D eigenvalue weighted by atomic mass is 28.4. The number of rotatable bonds is 25. The molecule has 0 spiro atoms. The molecule has 0 saturated carbocycles. The first-order chi connectivity index (χ1) is 39.6. The highest BCUT2D eigenvalue weighted by Gasteiger charge is 2.56. The van der Waals surface area contributed by atoms with Gasteiger partial charge < -0.3 is 50.5 Å². The molecule has 2 aromatic carbocycles. The van der Waals surface area contributed by atoms with Gasteiger partial charge in [0.05, 0.1) is 43.9 Å². The van der Waals surface area contributed by atoms with E-state index in [0.29, 0.717) is 41.2 Å². The molecule has 8 N–H and O–H groups in total. The zero-order valence-electron chi connectivity index (χ0n) is 48.7. The predicted octanol–water partition coefficient (Wildman–Crippen LogP) is 2.06. The molecule has 0 aliphatic carbocycles. The van der Waals surface area contributed by atoms with Crippen molar-refractivity contribution in [3.05, 3.63) is 77.3 Å². The number of ether oxygens (including phenoxy) is 1. The molecule has 84 heavy (non-hydrogen) atoms. The van der Waals surface area contributed by atoms with Crippen LogP contribution in [0.25, 0.3) is 15.7 Å². The molecule has 5 rings (SSSR count). The number of carbonyl (C=O) groups is 9. The summed E-state index contributed by atoms with van der Waals surface area (Å²) in [7, 11) is -3.68. The van der Waals surface area contributed by atoms with E-state index < -0.39 is 110 Å². The fourth-order valence-corrected chi connectivity index (χ4v) is 15.4. The Hall–Kier alpha value is -7.64. The molecular weight excluding hydrogens is 1110 g/mol. The number of benzene rings is 2. The summed E-state index contributed by atoms with van der Waals surface area (Å²) < 4.78 is 23.1. The second-order valence-electron chi connectivity index (χ2n) is 23.1. The minimum atomic E-state index is -3.68. The largest absolute Gasteiger partial charge is 0.494 e. The van der Waals surface area contributed by atoms with Crippen LogP contribution in [0.2, 0.25) is 10.1 Å². The lowest BCUT2D eigenvalue weighted by Crippen LogP contribution is -2.57. The second kappa shape index (κ2) is 30.8. The molecule has 0 bridgehead atoms. The minimum absolute atomic E-state index is 0.0185. The Bertz CT molecular complexity index is 2830. The molecule has 2 fully saturated rings. The molecule has 3 aromatic rings. The van der Waals surface area contributed by atoms with Crippen molar-refractivity contribution in [2.24, 2.45) is 0 Å². The molecular formula is C57H80FN11O14Si. The van der Waals surface area contributed by atoms with E-state index in [9.17, 15) is 63.6 Å². The number of nitrogens with zero attached hydrogens (tertiary/aromatic N) is 7. The second-order valence-corrected chi connectivity index (χ2v) is 28.0. The van der Waals surface area contributed by atoms with Crippen molar-refractivity contribution in [3.63, 3.8) is 0 Å². The average Bonchev–Trinajstić information content (AvgIpc) is 1.40. The van der Waals surface area contributed by atoms with Crippen LogP contribution in [0.4, 0.5) is 4.11 Å². The van der Waals surface area contributed by atoms with E-state index >= 15 is 4.11 Å². The summed E-state index contributed by atoms with van der Waals surface area (Å²) in [5, 5.41) is 49.7. The molecule has 458 valence electrons. The van der Waals surface area contributed by atoms with Gasteiger partial charge in [-0.2, -0.15) is 0 Å². The van der Waals surface area contributed by atoms with Crippen molar-refractivity contribution in [1.82, 2.24) is 50.8 Å². The van der Waals surface area contributed by atoms with Crippen LogP contribution in [0, 0.1) is 6.57 Å². The molecule has 3 atom stereocenters. The van der Waals surface area contributed by atoms with Crippen molar-refractivity contribution in [3.8, 4) is 5.75 Å². The van der Waals surface area contributed by atoms with Crippen molar-refractivity contribution >= 4 is 77.9 Å². The number of carboxylic acid groups (broad SMARTS) is 4. The Morgan fingerprint density at radius 2 is 1.32 bits per heavy atom. The van der Waals surface area contributed by atoms with Gasteiger partial charge in [-0.1, -0.05) is 53.7 Å². The molecule has 25 nitrogen and oxygen atoms in total. The van der Waals surface area contributed by atoms with Crippen LogP contribution in [0.1, 0.15) is 94.4 Å². The third kappa shape index (κ3) is 19.2. The Balaban J connectivity index is 1.28.